The van der Waals surface area contributed by atoms with Crippen LogP contribution in [0.25, 0.3) is 20.7 Å². The Kier molecular flexibility index (Phi) is 4.26. The van der Waals surface area contributed by atoms with Crippen LogP contribution in [0.5, 0.6) is 0 Å². The molecular weight excluding hydrogens is 313 g/mol. The minimum absolute atomic E-state index is 0.130. The number of H-pyrrole nitrogens is 1. The van der Waals surface area contributed by atoms with Gasteiger partial charge in [-0.3, -0.25) is 4.79 Å². The van der Waals surface area contributed by atoms with E-state index in [1.54, 1.807) is 6.07 Å². The van der Waals surface area contributed by atoms with E-state index in [0.717, 1.165) is 17.1 Å². The summed E-state index contributed by atoms with van der Waals surface area (Å²) in [6.45, 7) is 6.34. The van der Waals surface area contributed by atoms with Gasteiger partial charge >= 0.3 is 0 Å². The first-order valence-electron chi connectivity index (χ1n) is 7.65. The van der Waals surface area contributed by atoms with Gasteiger partial charge in [-0.15, -0.1) is 11.3 Å². The number of nitrogens with one attached hydrogen (secondary N) is 1. The molecule has 1 atom stereocenters. The van der Waals surface area contributed by atoms with Gasteiger partial charge in [0.05, 0.1) is 5.52 Å². The summed E-state index contributed by atoms with van der Waals surface area (Å²) in [6, 6.07) is 4.94. The lowest BCUT2D eigenvalue weighted by atomic mass is 9.92. The van der Waals surface area contributed by atoms with Gasteiger partial charge in [-0.1, -0.05) is 20.8 Å². The molecule has 0 unspecified atom stereocenters. The highest BCUT2D eigenvalue weighted by Gasteiger charge is 2.18. The number of aromatic nitrogens is 3. The normalized spacial score (nSPS) is 12.9. The Balaban J connectivity index is 2.13. The lowest BCUT2D eigenvalue weighted by Gasteiger charge is -2.17. The van der Waals surface area contributed by atoms with Crippen LogP contribution >= 0.6 is 11.3 Å². The maximum atomic E-state index is 13.3. The molecule has 6 heteroatoms. The number of pyridine rings is 1. The lowest BCUT2D eigenvalue weighted by Crippen LogP contribution is -2.16. The zero-order chi connectivity index (χ0) is 16.6. The van der Waals surface area contributed by atoms with E-state index in [1.807, 2.05) is 6.07 Å². The van der Waals surface area contributed by atoms with E-state index in [2.05, 4.69) is 35.7 Å². The molecule has 0 spiro atoms. The van der Waals surface area contributed by atoms with Crippen molar-refractivity contribution in [3.8, 4) is 10.4 Å². The van der Waals surface area contributed by atoms with Crippen LogP contribution in [0.2, 0.25) is 0 Å². The second kappa shape index (κ2) is 6.20. The second-order valence-corrected chi connectivity index (χ2v) is 6.95. The van der Waals surface area contributed by atoms with Crippen LogP contribution in [0.3, 0.4) is 0 Å². The number of thiophene rings is 1. The molecule has 0 amide bonds. The molecule has 0 saturated carbocycles. The first-order chi connectivity index (χ1) is 11.0. The highest BCUT2D eigenvalue weighted by atomic mass is 32.1. The molecule has 0 aliphatic rings. The number of fused-ring (bicyclic) bond motifs is 1. The van der Waals surface area contributed by atoms with Crippen molar-refractivity contribution in [3.05, 3.63) is 46.5 Å². The molecule has 3 rings (SSSR count). The molecule has 120 valence electrons. The average molecular weight is 331 g/mol. The summed E-state index contributed by atoms with van der Waals surface area (Å²) in [5, 5.41) is 0. The molecule has 0 fully saturated rings. The Morgan fingerprint density at radius 2 is 2.13 bits per heavy atom. The minimum atomic E-state index is -0.534. The summed E-state index contributed by atoms with van der Waals surface area (Å²) in [4.78, 5) is 24.3. The first-order valence-corrected chi connectivity index (χ1v) is 8.47. The number of nitrogens with zero attached hydrogens (tertiary/aromatic N) is 2. The number of rotatable bonds is 4. The van der Waals surface area contributed by atoms with Gasteiger partial charge in [0.15, 0.2) is 0 Å². The van der Waals surface area contributed by atoms with E-state index in [9.17, 15) is 9.18 Å². The van der Waals surface area contributed by atoms with Crippen LogP contribution in [-0.4, -0.2) is 15.0 Å². The smallest absolute Gasteiger partial charge is 0.268 e. The molecule has 1 N–H and O–H groups in total. The lowest BCUT2D eigenvalue weighted by molar-refractivity contribution is 0.463. The van der Waals surface area contributed by atoms with E-state index in [4.69, 9.17) is 0 Å². The summed E-state index contributed by atoms with van der Waals surface area (Å²) in [7, 11) is 0. The van der Waals surface area contributed by atoms with Crippen molar-refractivity contribution < 1.29 is 4.39 Å². The van der Waals surface area contributed by atoms with Crippen LogP contribution in [0.4, 0.5) is 4.39 Å². The van der Waals surface area contributed by atoms with Gasteiger partial charge in [-0.25, -0.2) is 9.97 Å². The monoisotopic (exact) mass is 331 g/mol. The van der Waals surface area contributed by atoms with E-state index in [0.29, 0.717) is 21.7 Å². The summed E-state index contributed by atoms with van der Waals surface area (Å²) in [5.41, 5.74) is 1.24. The third kappa shape index (κ3) is 3.03. The fourth-order valence-electron chi connectivity index (χ4n) is 2.81. The molecule has 0 aliphatic heterocycles. The Labute approximate surface area is 137 Å². The SMILES string of the molecule is CC[C@H](c1nc2cc(-c3ccnc(F)c3)sc2c(=O)[nH]1)C(C)C. The standard InChI is InChI=1S/C17H18FN3OS/c1-4-11(9(2)3)16-20-12-8-13(23-15(12)17(22)21-16)10-5-6-19-14(18)7-10/h5-9,11H,4H2,1-3H3,(H,20,21,22)/t11-/m0/s1. The van der Waals surface area contributed by atoms with Gasteiger partial charge in [-0.05, 0) is 30.0 Å². The Morgan fingerprint density at radius 1 is 1.35 bits per heavy atom. The highest BCUT2D eigenvalue weighted by Crippen LogP contribution is 2.32. The predicted octanol–water partition coefficient (Wildman–Crippen LogP) is 4.34. The molecule has 3 aromatic rings. The Morgan fingerprint density at radius 3 is 2.78 bits per heavy atom. The minimum Gasteiger partial charge on any atom is -0.309 e. The van der Waals surface area contributed by atoms with E-state index in [-0.39, 0.29) is 11.5 Å². The van der Waals surface area contributed by atoms with Gasteiger partial charge in [0.1, 0.15) is 10.5 Å². The molecular formula is C17H18FN3OS. The topological polar surface area (TPSA) is 58.6 Å². The quantitative estimate of drug-likeness (QED) is 0.724. The van der Waals surface area contributed by atoms with Crippen molar-refractivity contribution in [2.75, 3.05) is 0 Å². The summed E-state index contributed by atoms with van der Waals surface area (Å²) in [5.74, 6) is 0.806. The molecule has 3 heterocycles. The van der Waals surface area contributed by atoms with Crippen molar-refractivity contribution in [3.63, 3.8) is 0 Å². The zero-order valence-corrected chi connectivity index (χ0v) is 14.1. The molecule has 23 heavy (non-hydrogen) atoms. The van der Waals surface area contributed by atoms with Gasteiger partial charge in [0.25, 0.3) is 5.56 Å². The van der Waals surface area contributed by atoms with Crippen LogP contribution in [0.15, 0.2) is 29.2 Å². The summed E-state index contributed by atoms with van der Waals surface area (Å²) < 4.78 is 13.9. The van der Waals surface area contributed by atoms with Crippen molar-refractivity contribution >= 4 is 21.6 Å². The molecule has 0 aliphatic carbocycles. The van der Waals surface area contributed by atoms with Gasteiger partial charge in [0.2, 0.25) is 5.95 Å². The van der Waals surface area contributed by atoms with Crippen LogP contribution < -0.4 is 5.56 Å². The molecule has 4 nitrogen and oxygen atoms in total. The number of hydrogen-bond acceptors (Lipinski definition) is 4. The summed E-state index contributed by atoms with van der Waals surface area (Å²) >= 11 is 1.32. The van der Waals surface area contributed by atoms with Crippen molar-refractivity contribution in [1.29, 1.82) is 0 Å². The Hall–Kier alpha value is -2.08. The number of hydrogen-bond donors (Lipinski definition) is 1. The van der Waals surface area contributed by atoms with Crippen molar-refractivity contribution in [2.24, 2.45) is 5.92 Å². The maximum absolute atomic E-state index is 13.3. The molecule has 0 radical (unpaired) electrons. The fourth-order valence-corrected chi connectivity index (χ4v) is 3.80. The molecule has 0 aromatic carbocycles. The van der Waals surface area contributed by atoms with Gasteiger partial charge in [-0.2, -0.15) is 4.39 Å². The van der Waals surface area contributed by atoms with Crippen molar-refractivity contribution in [2.45, 2.75) is 33.1 Å². The van der Waals surface area contributed by atoms with E-state index >= 15 is 0 Å². The number of aromatic amines is 1. The zero-order valence-electron chi connectivity index (χ0n) is 13.3. The maximum Gasteiger partial charge on any atom is 0.268 e. The largest absolute Gasteiger partial charge is 0.309 e. The molecule has 3 aromatic heterocycles. The molecule has 0 saturated heterocycles. The van der Waals surface area contributed by atoms with E-state index in [1.165, 1.54) is 23.6 Å². The number of halogens is 1. The molecule has 0 bridgehead atoms. The summed E-state index contributed by atoms with van der Waals surface area (Å²) in [6.07, 6.45) is 2.34. The third-order valence-electron chi connectivity index (χ3n) is 4.01. The van der Waals surface area contributed by atoms with Crippen molar-refractivity contribution in [1.82, 2.24) is 15.0 Å². The van der Waals surface area contributed by atoms with Gasteiger partial charge < -0.3 is 4.98 Å². The third-order valence-corrected chi connectivity index (χ3v) is 5.18. The fraction of sp³-hybridized carbons (Fsp3) is 0.353. The van der Waals surface area contributed by atoms with Crippen LogP contribution in [0, 0.1) is 11.9 Å². The van der Waals surface area contributed by atoms with Crippen LogP contribution in [0.1, 0.15) is 38.9 Å². The highest BCUT2D eigenvalue weighted by molar-refractivity contribution is 7.22. The predicted molar refractivity (Wildman–Crippen MR) is 91.3 cm³/mol. The first kappa shape index (κ1) is 15.8. The van der Waals surface area contributed by atoms with Gasteiger partial charge in [0, 0.05) is 23.1 Å². The van der Waals surface area contributed by atoms with Crippen LogP contribution in [-0.2, 0) is 0 Å². The average Bonchev–Trinajstić information content (AvgIpc) is 2.92. The Bertz CT molecular complexity index is 900. The second-order valence-electron chi connectivity index (χ2n) is 5.90. The van der Waals surface area contributed by atoms with E-state index < -0.39 is 5.95 Å².